The largest absolute Gasteiger partial charge is 0.514 e. The zero-order valence-electron chi connectivity index (χ0n) is 14.3. The van der Waals surface area contributed by atoms with Crippen LogP contribution >= 0.6 is 0 Å². The van der Waals surface area contributed by atoms with E-state index in [1.54, 1.807) is 21.3 Å². The maximum absolute atomic E-state index is 5.51. The van der Waals surface area contributed by atoms with Crippen LogP contribution in [0.2, 0.25) is 0 Å². The number of hydrogen-bond acceptors (Lipinski definition) is 7. The zero-order valence-corrected chi connectivity index (χ0v) is 15.3. The van der Waals surface area contributed by atoms with Gasteiger partial charge in [-0.2, -0.15) is 0 Å². The summed E-state index contributed by atoms with van der Waals surface area (Å²) in [6.45, 7) is 10.5. The van der Waals surface area contributed by atoms with Gasteiger partial charge in [-0.15, -0.1) is 0 Å². The van der Waals surface area contributed by atoms with Crippen LogP contribution in [-0.2, 0) is 18.0 Å². The number of piperazine rings is 1. The Morgan fingerprint density at radius 2 is 1.18 bits per heavy atom. The third-order valence-electron chi connectivity index (χ3n) is 4.65. The van der Waals surface area contributed by atoms with Crippen LogP contribution in [0, 0.1) is 0 Å². The van der Waals surface area contributed by atoms with Crippen molar-refractivity contribution >= 4 is 8.80 Å². The number of ether oxygens (including phenoxy) is 1. The summed E-state index contributed by atoms with van der Waals surface area (Å²) >= 11 is 0. The fourth-order valence-electron chi connectivity index (χ4n) is 3.00. The summed E-state index contributed by atoms with van der Waals surface area (Å²) in [6.07, 6.45) is 0.772. The molecule has 8 heteroatoms. The average Bonchev–Trinajstić information content (AvgIpc) is 2.60. The SMILES string of the molecule is CO[Si](CN1CCN(CCN2CCOCC2)CC1)(OC)OC. The maximum atomic E-state index is 5.51. The molecule has 0 amide bonds. The molecule has 0 aliphatic carbocycles. The topological polar surface area (TPSA) is 46.6 Å². The first-order chi connectivity index (χ1) is 10.7. The van der Waals surface area contributed by atoms with Crippen LogP contribution in [0.5, 0.6) is 0 Å². The molecule has 2 aliphatic heterocycles. The molecule has 0 radical (unpaired) electrons. The summed E-state index contributed by atoms with van der Waals surface area (Å²) in [5.41, 5.74) is 0. The molecule has 7 nitrogen and oxygen atoms in total. The van der Waals surface area contributed by atoms with Crippen LogP contribution in [0.25, 0.3) is 0 Å². The Labute approximate surface area is 135 Å². The highest BCUT2D eigenvalue weighted by Gasteiger charge is 2.40. The monoisotopic (exact) mass is 333 g/mol. The Balaban J connectivity index is 1.66. The van der Waals surface area contributed by atoms with Crippen molar-refractivity contribution in [1.29, 1.82) is 0 Å². The van der Waals surface area contributed by atoms with E-state index in [0.29, 0.717) is 0 Å². The number of rotatable bonds is 8. The molecule has 0 aromatic carbocycles. The Morgan fingerprint density at radius 3 is 1.68 bits per heavy atom. The van der Waals surface area contributed by atoms with E-state index in [4.69, 9.17) is 18.0 Å². The van der Waals surface area contributed by atoms with Crippen LogP contribution in [-0.4, -0.2) is 117 Å². The van der Waals surface area contributed by atoms with E-state index in [0.717, 1.165) is 71.7 Å². The summed E-state index contributed by atoms with van der Waals surface area (Å²) in [6, 6.07) is 0. The highest BCUT2D eigenvalue weighted by Crippen LogP contribution is 2.11. The molecular formula is C14H31N3O4Si. The summed E-state index contributed by atoms with van der Waals surface area (Å²) < 4.78 is 21.9. The van der Waals surface area contributed by atoms with Gasteiger partial charge in [0.2, 0.25) is 0 Å². The highest BCUT2D eigenvalue weighted by atomic mass is 28.4. The van der Waals surface area contributed by atoms with Gasteiger partial charge in [-0.05, 0) is 0 Å². The van der Waals surface area contributed by atoms with Crippen LogP contribution in [0.15, 0.2) is 0 Å². The van der Waals surface area contributed by atoms with Gasteiger partial charge in [-0.3, -0.25) is 14.7 Å². The lowest BCUT2D eigenvalue weighted by Crippen LogP contribution is -2.58. The first kappa shape index (κ1) is 18.3. The molecule has 2 saturated heterocycles. The average molecular weight is 334 g/mol. The van der Waals surface area contributed by atoms with E-state index in [2.05, 4.69) is 14.7 Å². The molecule has 130 valence electrons. The van der Waals surface area contributed by atoms with Crippen molar-refractivity contribution in [2.45, 2.75) is 0 Å². The molecular weight excluding hydrogens is 302 g/mol. The molecule has 0 aromatic heterocycles. The Kier molecular flexibility index (Phi) is 7.71. The van der Waals surface area contributed by atoms with E-state index < -0.39 is 8.80 Å². The molecule has 2 fully saturated rings. The van der Waals surface area contributed by atoms with Crippen molar-refractivity contribution in [3.63, 3.8) is 0 Å². The minimum Gasteiger partial charge on any atom is -0.379 e. The standard InChI is InChI=1S/C14H31N3O4Si/c1-18-22(19-2,20-3)14-17-8-6-15(7-9-17)4-5-16-10-12-21-13-11-16/h4-14H2,1-3H3. The fourth-order valence-corrected chi connectivity index (χ4v) is 4.75. The summed E-state index contributed by atoms with van der Waals surface area (Å²) in [4.78, 5) is 7.43. The third-order valence-corrected chi connectivity index (χ3v) is 7.35. The van der Waals surface area contributed by atoms with Crippen molar-refractivity contribution in [3.05, 3.63) is 0 Å². The fraction of sp³-hybridized carbons (Fsp3) is 1.00. The quantitative estimate of drug-likeness (QED) is 0.547. The molecule has 0 spiro atoms. The summed E-state index contributed by atoms with van der Waals surface area (Å²) in [5.74, 6) is 0. The molecule has 0 aromatic rings. The number of nitrogens with zero attached hydrogens (tertiary/aromatic N) is 3. The first-order valence-corrected chi connectivity index (χ1v) is 10.0. The van der Waals surface area contributed by atoms with Crippen LogP contribution in [0.1, 0.15) is 0 Å². The predicted molar refractivity (Wildman–Crippen MR) is 86.9 cm³/mol. The first-order valence-electron chi connectivity index (χ1n) is 8.11. The van der Waals surface area contributed by atoms with Gasteiger partial charge in [0.1, 0.15) is 0 Å². The lowest BCUT2D eigenvalue weighted by molar-refractivity contribution is 0.0292. The lowest BCUT2D eigenvalue weighted by Gasteiger charge is -2.38. The van der Waals surface area contributed by atoms with Gasteiger partial charge in [-0.25, -0.2) is 0 Å². The number of morpholine rings is 1. The van der Waals surface area contributed by atoms with Gasteiger partial charge in [0.15, 0.2) is 0 Å². The van der Waals surface area contributed by atoms with Crippen LogP contribution in [0.3, 0.4) is 0 Å². The van der Waals surface area contributed by atoms with E-state index in [1.807, 2.05) is 0 Å². The Bertz CT molecular complexity index is 298. The number of hydrogen-bond donors (Lipinski definition) is 0. The van der Waals surface area contributed by atoms with E-state index in [1.165, 1.54) is 0 Å². The van der Waals surface area contributed by atoms with Crippen molar-refractivity contribution in [2.75, 3.05) is 93.1 Å². The minimum absolute atomic E-state index is 0.772. The molecule has 0 unspecified atom stereocenters. The van der Waals surface area contributed by atoms with Gasteiger partial charge in [0.25, 0.3) is 0 Å². The maximum Gasteiger partial charge on any atom is 0.514 e. The van der Waals surface area contributed by atoms with Crippen LogP contribution < -0.4 is 0 Å². The second kappa shape index (κ2) is 9.29. The molecule has 2 heterocycles. The minimum atomic E-state index is -2.49. The third kappa shape index (κ3) is 5.24. The smallest absolute Gasteiger partial charge is 0.379 e. The molecule has 0 atom stereocenters. The normalized spacial score (nSPS) is 23.0. The zero-order chi connectivity index (χ0) is 15.8. The van der Waals surface area contributed by atoms with Gasteiger partial charge < -0.3 is 18.0 Å². The highest BCUT2D eigenvalue weighted by molar-refractivity contribution is 6.60. The van der Waals surface area contributed by atoms with Crippen molar-refractivity contribution < 1.29 is 18.0 Å². The Hall–Kier alpha value is -0.0631. The van der Waals surface area contributed by atoms with Gasteiger partial charge in [0.05, 0.1) is 19.4 Å². The molecule has 0 N–H and O–H groups in total. The van der Waals surface area contributed by atoms with Crippen LogP contribution in [0.4, 0.5) is 0 Å². The molecule has 0 saturated carbocycles. The predicted octanol–water partition coefficient (Wildman–Crippen LogP) is -0.646. The van der Waals surface area contributed by atoms with E-state index in [-0.39, 0.29) is 0 Å². The summed E-state index contributed by atoms with van der Waals surface area (Å²) in [7, 11) is 2.55. The van der Waals surface area contributed by atoms with E-state index >= 15 is 0 Å². The molecule has 0 bridgehead atoms. The van der Waals surface area contributed by atoms with Gasteiger partial charge >= 0.3 is 8.80 Å². The second-order valence-corrected chi connectivity index (χ2v) is 8.77. The molecule has 2 aliphatic rings. The molecule has 22 heavy (non-hydrogen) atoms. The van der Waals surface area contributed by atoms with E-state index in [9.17, 15) is 0 Å². The lowest BCUT2D eigenvalue weighted by atomic mass is 10.3. The van der Waals surface area contributed by atoms with Gasteiger partial charge in [-0.1, -0.05) is 0 Å². The summed E-state index contributed by atoms with van der Waals surface area (Å²) in [5, 5.41) is 0. The Morgan fingerprint density at radius 1 is 0.727 bits per heavy atom. The van der Waals surface area contributed by atoms with Crippen molar-refractivity contribution in [3.8, 4) is 0 Å². The molecule has 2 rings (SSSR count). The van der Waals surface area contributed by atoms with Gasteiger partial charge in [0, 0.05) is 73.7 Å². The van der Waals surface area contributed by atoms with Crippen molar-refractivity contribution in [2.24, 2.45) is 0 Å². The second-order valence-electron chi connectivity index (χ2n) is 5.87. The van der Waals surface area contributed by atoms with Crippen molar-refractivity contribution in [1.82, 2.24) is 14.7 Å².